The summed E-state index contributed by atoms with van der Waals surface area (Å²) in [5, 5.41) is 42.8. The number of primary amides is 1. The number of amides is 10. The number of hydrogen-bond donors (Lipinski definition) is 11. The predicted molar refractivity (Wildman–Crippen MR) is 520 cm³/mol. The second kappa shape index (κ2) is 56.3. The van der Waals surface area contributed by atoms with Crippen LogP contribution in [0.5, 0.6) is 5.75 Å². The van der Waals surface area contributed by atoms with Crippen LogP contribution in [0.3, 0.4) is 0 Å². The number of benzene rings is 3. The molecule has 40 nitrogen and oxygen atoms in total. The van der Waals surface area contributed by atoms with E-state index in [0.29, 0.717) is 96.0 Å². The molecule has 11 rings (SSSR count). The van der Waals surface area contributed by atoms with Gasteiger partial charge in [0.1, 0.15) is 55.1 Å². The Hall–Kier alpha value is -10.7. The average molecular weight is 2040 g/mol. The molecule has 144 heavy (non-hydrogen) atoms. The van der Waals surface area contributed by atoms with Crippen molar-refractivity contribution in [1.29, 1.82) is 0 Å². The van der Waals surface area contributed by atoms with Crippen molar-refractivity contribution in [2.45, 2.75) is 230 Å². The minimum Gasteiger partial charge on any atom is -0.486 e. The van der Waals surface area contributed by atoms with Gasteiger partial charge in [-0.15, -0.1) is 5.10 Å². The third-order valence-electron chi connectivity index (χ3n) is 27.2. The molecule has 10 amide bonds. The fraction of sp³-hybridized carbons (Fsp3) is 0.634. The summed E-state index contributed by atoms with van der Waals surface area (Å²) in [6, 6.07) is 16.5. The number of rotatable bonds is 62. The number of nitrogens with one attached hydrogen (secondary N) is 8. The molecule has 2 aliphatic heterocycles. The van der Waals surface area contributed by atoms with E-state index >= 15 is 13.6 Å². The monoisotopic (exact) mass is 2040 g/mol. The zero-order valence-electron chi connectivity index (χ0n) is 82.8. The number of fused-ring (bicyclic) bond motifs is 10. The Bertz CT molecular complexity index is 5220. The van der Waals surface area contributed by atoms with Crippen molar-refractivity contribution in [2.75, 3.05) is 161 Å². The Kier molecular flexibility index (Phi) is 44.4. The molecular formula is C101H141F2N13O27S. The Balaban J connectivity index is 0.632. The fourth-order valence-corrected chi connectivity index (χ4v) is 20.1. The van der Waals surface area contributed by atoms with Crippen LogP contribution in [0.15, 0.2) is 96.6 Å². The number of nitrogens with two attached hydrogens (primary N) is 1. The first kappa shape index (κ1) is 114. The number of urea groups is 1. The van der Waals surface area contributed by atoms with Crippen LogP contribution in [-0.4, -0.2) is 303 Å². The van der Waals surface area contributed by atoms with Crippen LogP contribution in [0.4, 0.5) is 25.0 Å². The number of ether oxygens (including phenoxy) is 12. The molecule has 3 saturated carbocycles. The number of unbranched alkanes of at least 4 members (excludes halogenated alkanes) is 1. The predicted octanol–water partition coefficient (Wildman–Crippen LogP) is 5.85. The summed E-state index contributed by atoms with van der Waals surface area (Å²) in [6.07, 6.45) is 3.22. The number of hydrogen-bond acceptors (Lipinski definition) is 28. The number of carbonyl (C=O) groups is 11. The average Bonchev–Trinajstić information content (AvgIpc) is 1.48. The maximum Gasteiger partial charge on any atom is 0.312 e. The number of aliphatic hydroxyl groups is 1. The molecule has 4 fully saturated rings. The van der Waals surface area contributed by atoms with Gasteiger partial charge in [0.2, 0.25) is 53.0 Å². The molecule has 14 atom stereocenters. The van der Waals surface area contributed by atoms with Gasteiger partial charge >= 0.3 is 6.03 Å². The highest BCUT2D eigenvalue weighted by Gasteiger charge is 2.80. The number of para-hydroxylation sites is 1. The van der Waals surface area contributed by atoms with Crippen molar-refractivity contribution in [3.63, 3.8) is 0 Å². The van der Waals surface area contributed by atoms with Crippen LogP contribution in [-0.2, 0) is 130 Å². The highest BCUT2D eigenvalue weighted by atomic mass is 32.2. The summed E-state index contributed by atoms with van der Waals surface area (Å²) in [5.41, 5.74) is 3.22. The quantitative estimate of drug-likeness (QED) is 0.0140. The fourth-order valence-electron chi connectivity index (χ4n) is 19.8. The lowest BCUT2D eigenvalue weighted by Gasteiger charge is -2.63. The number of aromatic nitrogens is 3. The Labute approximate surface area is 838 Å². The number of carbonyl (C=O) groups excluding carboxylic acids is 11. The summed E-state index contributed by atoms with van der Waals surface area (Å²) >= 11 is 0. The normalized spacial score (nSPS) is 23.0. The number of anilines is 2. The highest BCUT2D eigenvalue weighted by Crippen LogP contribution is 2.72. The van der Waals surface area contributed by atoms with Gasteiger partial charge in [0, 0.05) is 85.4 Å². The van der Waals surface area contributed by atoms with Crippen molar-refractivity contribution >= 4 is 86.3 Å². The molecule has 4 aromatic rings. The summed E-state index contributed by atoms with van der Waals surface area (Å²) in [5.74, 6) is -1.46. The minimum atomic E-state index is -4.17. The molecular weight excluding hydrogens is 1900 g/mol. The molecule has 43 heteroatoms. The van der Waals surface area contributed by atoms with E-state index < -0.39 is 164 Å². The van der Waals surface area contributed by atoms with E-state index in [9.17, 15) is 61.5 Å². The number of allylic oxidation sites excluding steroid dienone is 4. The first-order valence-electron chi connectivity index (χ1n) is 50.0. The number of halogens is 2. The van der Waals surface area contributed by atoms with Crippen LogP contribution < -0.4 is 57.9 Å². The summed E-state index contributed by atoms with van der Waals surface area (Å²) in [4.78, 5) is 150. The molecule has 0 spiro atoms. The summed E-state index contributed by atoms with van der Waals surface area (Å²) < 4.78 is 137. The van der Waals surface area contributed by atoms with E-state index in [1.807, 2.05) is 55.5 Å². The van der Waals surface area contributed by atoms with Crippen molar-refractivity contribution in [1.82, 2.24) is 52.2 Å². The van der Waals surface area contributed by atoms with Crippen molar-refractivity contribution in [3.8, 4) is 17.6 Å². The number of ketones is 2. The largest absolute Gasteiger partial charge is 0.486 e. The smallest absolute Gasteiger partial charge is 0.312 e. The number of alkyl halides is 2. The molecule has 2 unspecified atom stereocenters. The van der Waals surface area contributed by atoms with Crippen molar-refractivity contribution < 1.29 is 136 Å². The molecule has 1 saturated heterocycles. The Morgan fingerprint density at radius 3 is 1.94 bits per heavy atom. The number of aliphatic hydroxyl groups excluding tert-OH is 1. The van der Waals surface area contributed by atoms with Crippen molar-refractivity contribution in [3.05, 3.63) is 125 Å². The summed E-state index contributed by atoms with van der Waals surface area (Å²) in [6.45, 7) is 12.2. The van der Waals surface area contributed by atoms with Gasteiger partial charge in [-0.1, -0.05) is 100 Å². The van der Waals surface area contributed by atoms with Gasteiger partial charge in [-0.25, -0.2) is 18.3 Å². The lowest BCUT2D eigenvalue weighted by molar-refractivity contribution is -0.234. The van der Waals surface area contributed by atoms with E-state index in [-0.39, 0.29) is 198 Å². The molecule has 792 valence electrons. The zero-order valence-corrected chi connectivity index (χ0v) is 83.6. The van der Waals surface area contributed by atoms with E-state index in [0.717, 1.165) is 47.7 Å². The topological polar surface area (TPSA) is 529 Å². The van der Waals surface area contributed by atoms with Crippen LogP contribution in [0.25, 0.3) is 0 Å². The second-order valence-electron chi connectivity index (χ2n) is 37.5. The van der Waals surface area contributed by atoms with Crippen LogP contribution in [0.1, 0.15) is 184 Å². The standard InChI is InChI=1S/C101H141F2N13O27S/c1-6-17-91-142-85-62-74-75-61-77(102)76-60-72(117)34-37-98(76,4)100(75,103)83(118)63-99(74,5)101(85,143-91)84(119)65-140-73-30-28-71(29-31-73)109-94(125)79(22-16-39-108-97(104)128)111-96(127)92(67(2)3)112-95(126)78(110-88(122)36-44-133-48-52-137-55-57-138-53-49-134-45-40-106-86(120)32-33-90(124)115-64-70-20-11-10-18-68(70)26-27-69-19-12-13-23-80(69)115)21-14-15-38-105-89(123)66-141-82-25-9-7-8-24-81-93(82)113-114-116(81)42-46-135-50-54-139-58-56-136-51-47-132-43-35-87(121)107-41-59-144(129,130)131/h10-13,18-20,23,28-31,34,37,60,67,74-75,77-79,82-83,85,91-92,118H,6-9,14-17,21-22,24-25,32-33,35-36,38-59,61-66H2,1-5H3,(H,105,123)(H,106,120)(H,107,121)(H,109,125)(H,110,122)(H,111,127)(H,112,126)(H3,104,108,128)(H,129,130,131)/t74-,75-,77-,78+,79-,82?,83-,85+,91?,92-,98-,99-,100-,101+/m0/s1. The molecule has 3 heterocycles. The van der Waals surface area contributed by atoms with Crippen molar-refractivity contribution in [2.24, 2.45) is 34.3 Å². The lowest BCUT2D eigenvalue weighted by atomic mass is 9.44. The van der Waals surface area contributed by atoms with Gasteiger partial charge in [-0.05, 0) is 162 Å². The van der Waals surface area contributed by atoms with Gasteiger partial charge in [0.15, 0.2) is 23.3 Å². The van der Waals surface area contributed by atoms with Gasteiger partial charge < -0.3 is 115 Å². The van der Waals surface area contributed by atoms with E-state index in [2.05, 4.69) is 64.7 Å². The van der Waals surface area contributed by atoms with Gasteiger partial charge in [0.25, 0.3) is 10.1 Å². The number of Topliss-reactive ketones (excluding diaryl/α,β-unsaturated/α-hetero) is 1. The van der Waals surface area contributed by atoms with E-state index in [4.69, 9.17) is 67.1 Å². The minimum absolute atomic E-state index is 0.00216. The first-order chi connectivity index (χ1) is 69.2. The SMILES string of the molecule is CCCC1O[C@@H]2C[C@H]3[C@@H]4C[C@H](F)C5=CC(=O)C=C[C@]5(C)[C@@]4(F)[C@@H](O)C[C@]3(C)[C@]2(C(=O)COc2ccc(NC(=O)[C@H](CCCNC(N)=O)NC(=O)[C@@H](NC(=O)[C@@H](CCCCNC(=O)COC3CCCCCc4c3nnn4CCOCCOCCOCCOCCC(=O)NCCS(=O)(=O)O)NC(=O)CCOCCOCCOCCOCCNC(=O)CCC(=O)N3Cc4ccccc4C#Cc4ccccc43)C(C)C)cc2)O1. The molecule has 1 aromatic heterocycles. The van der Waals surface area contributed by atoms with Gasteiger partial charge in [-0.2, -0.15) is 8.42 Å². The maximum absolute atomic E-state index is 18.2. The Morgan fingerprint density at radius 2 is 1.26 bits per heavy atom. The zero-order chi connectivity index (χ0) is 103. The number of nitrogens with zero attached hydrogens (tertiary/aromatic N) is 4. The maximum atomic E-state index is 18.2. The van der Waals surface area contributed by atoms with E-state index in [1.165, 1.54) is 43.3 Å². The van der Waals surface area contributed by atoms with Crippen LogP contribution in [0, 0.1) is 40.4 Å². The third kappa shape index (κ3) is 31.9. The van der Waals surface area contributed by atoms with Crippen LogP contribution in [0.2, 0.25) is 0 Å². The molecule has 0 radical (unpaired) electrons. The molecule has 5 aliphatic carbocycles. The third-order valence-corrected chi connectivity index (χ3v) is 27.9. The lowest BCUT2D eigenvalue weighted by Crippen LogP contribution is -2.71. The van der Waals surface area contributed by atoms with E-state index in [1.54, 1.807) is 30.4 Å². The molecule has 12 N–H and O–H groups in total. The molecule has 0 bridgehead atoms. The summed E-state index contributed by atoms with van der Waals surface area (Å²) in [7, 11) is -4.17. The first-order valence-corrected chi connectivity index (χ1v) is 51.6. The van der Waals surface area contributed by atoms with Gasteiger partial charge in [0.05, 0.1) is 148 Å². The molecule has 3 aromatic carbocycles. The second-order valence-corrected chi connectivity index (χ2v) is 39.1. The van der Waals surface area contributed by atoms with Crippen LogP contribution >= 0.6 is 0 Å². The highest BCUT2D eigenvalue weighted by molar-refractivity contribution is 7.85. The Morgan fingerprint density at radius 1 is 0.646 bits per heavy atom. The molecule has 7 aliphatic rings. The van der Waals surface area contributed by atoms with Gasteiger partial charge in [-0.3, -0.25) is 52.5 Å².